The molecule has 0 unspecified atom stereocenters. The van der Waals surface area contributed by atoms with Gasteiger partial charge in [0.2, 0.25) is 0 Å². The highest BCUT2D eigenvalue weighted by atomic mass is 35.5. The van der Waals surface area contributed by atoms with E-state index >= 15 is 0 Å². The highest BCUT2D eigenvalue weighted by Gasteiger charge is 2.23. The fourth-order valence-electron chi connectivity index (χ4n) is 2.01. The minimum absolute atomic E-state index is 0.123. The number of hydrogen-bond donors (Lipinski definition) is 1. The third kappa shape index (κ3) is 2.09. The molecule has 20 heavy (non-hydrogen) atoms. The molecule has 0 atom stereocenters. The molecular weight excluding hydrogens is 299 g/mol. The number of benzene rings is 1. The van der Waals surface area contributed by atoms with Crippen molar-refractivity contribution in [3.63, 3.8) is 0 Å². The second-order valence-electron chi connectivity index (χ2n) is 4.28. The van der Waals surface area contributed by atoms with Crippen LogP contribution in [-0.4, -0.2) is 5.16 Å². The monoisotopic (exact) mass is 308 g/mol. The first-order valence-corrected chi connectivity index (χ1v) is 7.03. The zero-order chi connectivity index (χ0) is 14.3. The Balaban J connectivity index is 2.27. The van der Waals surface area contributed by atoms with Crippen molar-refractivity contribution in [1.29, 1.82) is 0 Å². The molecule has 0 bridgehead atoms. The van der Waals surface area contributed by atoms with E-state index in [2.05, 4.69) is 5.16 Å². The summed E-state index contributed by atoms with van der Waals surface area (Å²) in [6, 6.07) is 8.32. The number of nitrogens with two attached hydrogens (primary N) is 1. The Morgan fingerprint density at radius 1 is 1.25 bits per heavy atom. The maximum Gasteiger partial charge on any atom is 0.187 e. The van der Waals surface area contributed by atoms with Gasteiger partial charge >= 0.3 is 0 Å². The molecule has 0 amide bonds. The predicted molar refractivity (Wildman–Crippen MR) is 79.4 cm³/mol. The zero-order valence-corrected chi connectivity index (χ0v) is 12.1. The van der Waals surface area contributed by atoms with Crippen molar-refractivity contribution in [1.82, 2.24) is 5.16 Å². The quantitative estimate of drug-likeness (QED) is 0.743. The van der Waals surface area contributed by atoms with Gasteiger partial charge in [0.15, 0.2) is 11.6 Å². The van der Waals surface area contributed by atoms with Crippen LogP contribution in [0.3, 0.4) is 0 Å². The van der Waals surface area contributed by atoms with Crippen molar-refractivity contribution in [3.05, 3.63) is 46.0 Å². The lowest BCUT2D eigenvalue weighted by atomic mass is 10.0. The van der Waals surface area contributed by atoms with Gasteiger partial charge in [0.25, 0.3) is 0 Å². The molecule has 0 saturated carbocycles. The molecule has 2 heterocycles. The first-order valence-electron chi connectivity index (χ1n) is 5.84. The van der Waals surface area contributed by atoms with E-state index in [1.807, 2.05) is 19.1 Å². The van der Waals surface area contributed by atoms with E-state index in [0.717, 1.165) is 9.75 Å². The van der Waals surface area contributed by atoms with Crippen LogP contribution in [0.4, 0.5) is 10.2 Å². The first kappa shape index (κ1) is 13.1. The van der Waals surface area contributed by atoms with E-state index in [1.165, 1.54) is 17.4 Å². The van der Waals surface area contributed by atoms with Crippen molar-refractivity contribution < 1.29 is 8.91 Å². The van der Waals surface area contributed by atoms with Gasteiger partial charge in [0, 0.05) is 10.4 Å². The van der Waals surface area contributed by atoms with Crippen LogP contribution < -0.4 is 5.73 Å². The highest BCUT2D eigenvalue weighted by Crippen LogP contribution is 2.42. The summed E-state index contributed by atoms with van der Waals surface area (Å²) in [5.41, 5.74) is 6.44. The highest BCUT2D eigenvalue weighted by molar-refractivity contribution is 7.15. The summed E-state index contributed by atoms with van der Waals surface area (Å²) in [4.78, 5) is 1.95. The normalized spacial score (nSPS) is 10.9. The number of hydrogen-bond acceptors (Lipinski definition) is 4. The molecule has 2 aromatic heterocycles. The third-order valence-electron chi connectivity index (χ3n) is 2.90. The molecule has 0 fully saturated rings. The molecule has 1 aromatic carbocycles. The van der Waals surface area contributed by atoms with E-state index in [0.29, 0.717) is 11.3 Å². The van der Waals surface area contributed by atoms with Crippen LogP contribution >= 0.6 is 22.9 Å². The summed E-state index contributed by atoms with van der Waals surface area (Å²) in [6.45, 7) is 1.98. The lowest BCUT2D eigenvalue weighted by molar-refractivity contribution is 0.437. The Labute approximate surface area is 123 Å². The van der Waals surface area contributed by atoms with Crippen LogP contribution in [0.1, 0.15) is 4.88 Å². The maximum atomic E-state index is 14.1. The molecule has 0 saturated heterocycles. The number of anilines is 1. The molecular formula is C14H10ClFN2OS. The molecule has 3 aromatic rings. The number of aromatic nitrogens is 1. The standard InChI is InChI=1S/C14H10ClFN2OS/c1-7-5-6-10(20-7)13-12(14(17)18-19-13)11-8(15)3-2-4-9(11)16/h2-6H,1H3,(H2,17,18). The van der Waals surface area contributed by atoms with E-state index in [-0.39, 0.29) is 16.4 Å². The smallest absolute Gasteiger partial charge is 0.187 e. The van der Waals surface area contributed by atoms with E-state index < -0.39 is 5.82 Å². The molecule has 0 spiro atoms. The largest absolute Gasteiger partial charge is 0.380 e. The van der Waals surface area contributed by atoms with Crippen LogP contribution in [0.5, 0.6) is 0 Å². The summed E-state index contributed by atoms with van der Waals surface area (Å²) in [5, 5.41) is 4.02. The summed E-state index contributed by atoms with van der Waals surface area (Å²) in [7, 11) is 0. The van der Waals surface area contributed by atoms with Crippen LogP contribution in [0.15, 0.2) is 34.9 Å². The minimum Gasteiger partial charge on any atom is -0.380 e. The van der Waals surface area contributed by atoms with Crippen molar-refractivity contribution in [3.8, 4) is 21.8 Å². The number of halogens is 2. The lowest BCUT2D eigenvalue weighted by Crippen LogP contribution is -1.92. The number of thiophene rings is 1. The molecule has 2 N–H and O–H groups in total. The van der Waals surface area contributed by atoms with Crippen LogP contribution in [-0.2, 0) is 0 Å². The number of aryl methyl sites for hydroxylation is 1. The summed E-state index contributed by atoms with van der Waals surface area (Å²) < 4.78 is 19.4. The van der Waals surface area contributed by atoms with Gasteiger partial charge in [-0.15, -0.1) is 11.3 Å². The lowest BCUT2D eigenvalue weighted by Gasteiger charge is -2.05. The first-order chi connectivity index (χ1) is 9.58. The van der Waals surface area contributed by atoms with Gasteiger partial charge in [0.1, 0.15) is 5.82 Å². The fourth-order valence-corrected chi connectivity index (χ4v) is 3.11. The summed E-state index contributed by atoms with van der Waals surface area (Å²) in [5.74, 6) is 0.104. The van der Waals surface area contributed by atoms with Gasteiger partial charge in [-0.1, -0.05) is 22.8 Å². The molecule has 0 radical (unpaired) electrons. The molecule has 6 heteroatoms. The Bertz CT molecular complexity index is 761. The van der Waals surface area contributed by atoms with Gasteiger partial charge in [-0.25, -0.2) is 4.39 Å². The number of rotatable bonds is 2. The molecule has 102 valence electrons. The Kier molecular flexibility index (Phi) is 3.23. The predicted octanol–water partition coefficient (Wildman–Crippen LogP) is 4.75. The summed E-state index contributed by atoms with van der Waals surface area (Å²) >= 11 is 7.62. The van der Waals surface area contributed by atoms with Crippen molar-refractivity contribution in [2.24, 2.45) is 0 Å². The Morgan fingerprint density at radius 2 is 2.05 bits per heavy atom. The second kappa shape index (κ2) is 4.92. The SMILES string of the molecule is Cc1ccc(-c2onc(N)c2-c2c(F)cccc2Cl)s1. The Morgan fingerprint density at radius 3 is 2.70 bits per heavy atom. The van der Waals surface area contributed by atoms with Gasteiger partial charge < -0.3 is 10.3 Å². The van der Waals surface area contributed by atoms with Gasteiger partial charge in [-0.05, 0) is 31.2 Å². The minimum atomic E-state index is -0.457. The number of nitrogens with zero attached hydrogens (tertiary/aromatic N) is 1. The topological polar surface area (TPSA) is 52.0 Å². The fraction of sp³-hybridized carbons (Fsp3) is 0.0714. The average Bonchev–Trinajstić information content (AvgIpc) is 2.97. The molecule has 0 aliphatic rings. The second-order valence-corrected chi connectivity index (χ2v) is 5.97. The summed E-state index contributed by atoms with van der Waals surface area (Å²) in [6.07, 6.45) is 0. The molecule has 0 aliphatic carbocycles. The van der Waals surface area contributed by atoms with Gasteiger partial charge in [-0.3, -0.25) is 0 Å². The Hall–Kier alpha value is -1.85. The number of nitrogen functional groups attached to an aromatic ring is 1. The van der Waals surface area contributed by atoms with Crippen molar-refractivity contribution >= 4 is 28.8 Å². The van der Waals surface area contributed by atoms with Crippen LogP contribution in [0.25, 0.3) is 21.8 Å². The van der Waals surface area contributed by atoms with Crippen molar-refractivity contribution in [2.45, 2.75) is 6.92 Å². The van der Waals surface area contributed by atoms with Gasteiger partial charge in [-0.2, -0.15) is 0 Å². The van der Waals surface area contributed by atoms with E-state index in [4.69, 9.17) is 21.9 Å². The average molecular weight is 309 g/mol. The zero-order valence-electron chi connectivity index (χ0n) is 10.5. The van der Waals surface area contributed by atoms with E-state index in [1.54, 1.807) is 12.1 Å². The van der Waals surface area contributed by atoms with E-state index in [9.17, 15) is 4.39 Å². The molecule has 3 nitrogen and oxygen atoms in total. The van der Waals surface area contributed by atoms with Crippen LogP contribution in [0, 0.1) is 12.7 Å². The maximum absolute atomic E-state index is 14.1. The molecule has 3 rings (SSSR count). The van der Waals surface area contributed by atoms with Gasteiger partial charge in [0.05, 0.1) is 15.5 Å². The van der Waals surface area contributed by atoms with Crippen LogP contribution in [0.2, 0.25) is 5.02 Å². The van der Waals surface area contributed by atoms with Crippen molar-refractivity contribution in [2.75, 3.05) is 5.73 Å². The third-order valence-corrected chi connectivity index (χ3v) is 4.21. The molecule has 0 aliphatic heterocycles.